The summed E-state index contributed by atoms with van der Waals surface area (Å²) in [5.41, 5.74) is 6.25. The Morgan fingerprint density at radius 2 is 2.18 bits per heavy atom. The van der Waals surface area contributed by atoms with Crippen LogP contribution in [-0.4, -0.2) is 32.9 Å². The number of nitrogens with two attached hydrogens (primary N) is 1. The predicted molar refractivity (Wildman–Crippen MR) is 70.1 cm³/mol. The second-order valence-electron chi connectivity index (χ2n) is 3.86. The maximum Gasteiger partial charge on any atom is 0.261 e. The molecule has 17 heavy (non-hydrogen) atoms. The predicted octanol–water partition coefficient (Wildman–Crippen LogP) is 0.803. The summed E-state index contributed by atoms with van der Waals surface area (Å²) in [5.74, 6) is -0.123. The third-order valence-corrected chi connectivity index (χ3v) is 4.25. The molecule has 0 saturated heterocycles. The summed E-state index contributed by atoms with van der Waals surface area (Å²) in [6.07, 6.45) is 1.60. The highest BCUT2D eigenvalue weighted by molar-refractivity contribution is 7.90. The lowest BCUT2D eigenvalue weighted by molar-refractivity contribution is 0.0957. The van der Waals surface area contributed by atoms with Crippen molar-refractivity contribution in [1.82, 2.24) is 5.32 Å². The van der Waals surface area contributed by atoms with Gasteiger partial charge >= 0.3 is 0 Å². The van der Waals surface area contributed by atoms with Gasteiger partial charge in [-0.15, -0.1) is 11.3 Å². The molecule has 0 bridgehead atoms. The van der Waals surface area contributed by atoms with Crippen LogP contribution in [-0.2, 0) is 9.84 Å². The van der Waals surface area contributed by atoms with E-state index in [0.717, 1.165) is 4.88 Å². The van der Waals surface area contributed by atoms with Gasteiger partial charge in [0.2, 0.25) is 0 Å². The van der Waals surface area contributed by atoms with Crippen LogP contribution >= 0.6 is 11.3 Å². The Hall–Kier alpha value is -1.08. The molecule has 1 amide bonds. The standard InChI is InChI=1S/C10H16N2O3S2/c1-7-8(11)6-9(16-7)10(13)12-4-3-5-17(2,14)15/h6H,3-5,11H2,1-2H3,(H,12,13). The largest absolute Gasteiger partial charge is 0.398 e. The fourth-order valence-electron chi connectivity index (χ4n) is 1.23. The molecule has 0 atom stereocenters. The molecular weight excluding hydrogens is 260 g/mol. The van der Waals surface area contributed by atoms with Crippen molar-refractivity contribution in [3.63, 3.8) is 0 Å². The van der Waals surface area contributed by atoms with Crippen LogP contribution in [0.1, 0.15) is 21.0 Å². The average Bonchev–Trinajstić information content (AvgIpc) is 2.52. The highest BCUT2D eigenvalue weighted by atomic mass is 32.2. The number of hydrogen-bond acceptors (Lipinski definition) is 5. The van der Waals surface area contributed by atoms with Crippen molar-refractivity contribution in [2.45, 2.75) is 13.3 Å². The van der Waals surface area contributed by atoms with Crippen LogP contribution in [0.3, 0.4) is 0 Å². The Balaban J connectivity index is 2.40. The third-order valence-electron chi connectivity index (χ3n) is 2.16. The van der Waals surface area contributed by atoms with Crippen LogP contribution in [0.25, 0.3) is 0 Å². The number of rotatable bonds is 5. The summed E-state index contributed by atoms with van der Waals surface area (Å²) in [5, 5.41) is 2.66. The molecule has 7 heteroatoms. The zero-order valence-electron chi connectivity index (χ0n) is 9.82. The van der Waals surface area contributed by atoms with Gasteiger partial charge in [-0.3, -0.25) is 4.79 Å². The van der Waals surface area contributed by atoms with Crippen molar-refractivity contribution in [2.24, 2.45) is 0 Å². The van der Waals surface area contributed by atoms with E-state index in [2.05, 4.69) is 5.32 Å². The summed E-state index contributed by atoms with van der Waals surface area (Å²) in [7, 11) is -2.96. The summed E-state index contributed by atoms with van der Waals surface area (Å²) >= 11 is 1.33. The van der Waals surface area contributed by atoms with E-state index >= 15 is 0 Å². The molecule has 0 aliphatic carbocycles. The van der Waals surface area contributed by atoms with Crippen LogP contribution in [0.5, 0.6) is 0 Å². The van der Waals surface area contributed by atoms with Crippen molar-refractivity contribution in [2.75, 3.05) is 24.3 Å². The molecule has 1 aromatic heterocycles. The molecule has 1 aromatic rings. The molecular formula is C10H16N2O3S2. The SMILES string of the molecule is Cc1sc(C(=O)NCCCS(C)(=O)=O)cc1N. The first kappa shape index (κ1) is 14.0. The number of nitrogen functional groups attached to an aromatic ring is 1. The van der Waals surface area contributed by atoms with Crippen LogP contribution in [0.4, 0.5) is 5.69 Å². The number of aryl methyl sites for hydroxylation is 1. The van der Waals surface area contributed by atoms with Crippen molar-refractivity contribution >= 4 is 32.8 Å². The minimum absolute atomic E-state index is 0.0822. The van der Waals surface area contributed by atoms with Crippen LogP contribution in [0, 0.1) is 6.92 Å². The molecule has 0 aromatic carbocycles. The van der Waals surface area contributed by atoms with E-state index < -0.39 is 9.84 Å². The molecule has 0 unspecified atom stereocenters. The fourth-order valence-corrected chi connectivity index (χ4v) is 2.76. The van der Waals surface area contributed by atoms with Gasteiger partial charge < -0.3 is 11.1 Å². The van der Waals surface area contributed by atoms with Gasteiger partial charge in [-0.25, -0.2) is 8.42 Å². The lowest BCUT2D eigenvalue weighted by atomic mass is 10.3. The summed E-state index contributed by atoms with van der Waals surface area (Å²) in [6, 6.07) is 1.63. The van der Waals surface area contributed by atoms with Gasteiger partial charge in [0.1, 0.15) is 9.84 Å². The number of thiophene rings is 1. The average molecular weight is 276 g/mol. The molecule has 96 valence electrons. The van der Waals surface area contributed by atoms with Gasteiger partial charge in [0.05, 0.1) is 10.6 Å². The second-order valence-corrected chi connectivity index (χ2v) is 7.38. The van der Waals surface area contributed by atoms with Gasteiger partial charge in [0.25, 0.3) is 5.91 Å². The van der Waals surface area contributed by atoms with E-state index in [1.54, 1.807) is 6.07 Å². The van der Waals surface area contributed by atoms with Gasteiger partial charge in [-0.1, -0.05) is 0 Å². The third kappa shape index (κ3) is 4.74. The first-order valence-electron chi connectivity index (χ1n) is 5.11. The van der Waals surface area contributed by atoms with E-state index in [4.69, 9.17) is 5.73 Å². The van der Waals surface area contributed by atoms with E-state index in [-0.39, 0.29) is 11.7 Å². The maximum absolute atomic E-state index is 11.6. The summed E-state index contributed by atoms with van der Waals surface area (Å²) in [6.45, 7) is 2.20. The first-order valence-corrected chi connectivity index (χ1v) is 7.99. The highest BCUT2D eigenvalue weighted by Gasteiger charge is 2.10. The zero-order chi connectivity index (χ0) is 13.1. The van der Waals surface area contributed by atoms with E-state index in [1.807, 2.05) is 6.92 Å². The Kier molecular flexibility index (Phi) is 4.53. The number of sulfone groups is 1. The second kappa shape index (κ2) is 5.50. The van der Waals surface area contributed by atoms with Crippen LogP contribution < -0.4 is 11.1 Å². The van der Waals surface area contributed by atoms with Crippen LogP contribution in [0.15, 0.2) is 6.07 Å². The smallest absolute Gasteiger partial charge is 0.261 e. The Labute approximate surface area is 105 Å². The van der Waals surface area contributed by atoms with Gasteiger partial charge in [-0.2, -0.15) is 0 Å². The Morgan fingerprint density at radius 1 is 1.53 bits per heavy atom. The van der Waals surface area contributed by atoms with Gasteiger partial charge in [0, 0.05) is 23.4 Å². The molecule has 0 fully saturated rings. The van der Waals surface area contributed by atoms with Crippen LogP contribution in [0.2, 0.25) is 0 Å². The molecule has 1 rings (SSSR count). The fraction of sp³-hybridized carbons (Fsp3) is 0.500. The minimum Gasteiger partial charge on any atom is -0.398 e. The van der Waals surface area contributed by atoms with E-state index in [1.165, 1.54) is 17.6 Å². The zero-order valence-corrected chi connectivity index (χ0v) is 11.5. The summed E-state index contributed by atoms with van der Waals surface area (Å²) in [4.78, 5) is 13.1. The molecule has 0 spiro atoms. The number of carbonyl (C=O) groups excluding carboxylic acids is 1. The normalized spacial score (nSPS) is 11.4. The van der Waals surface area contributed by atoms with Gasteiger partial charge in [-0.05, 0) is 19.4 Å². The van der Waals surface area contributed by atoms with E-state index in [9.17, 15) is 13.2 Å². The lowest BCUT2D eigenvalue weighted by Crippen LogP contribution is -2.25. The Morgan fingerprint density at radius 3 is 2.65 bits per heavy atom. The molecule has 1 heterocycles. The minimum atomic E-state index is -2.96. The molecule has 0 aliphatic rings. The number of amides is 1. The maximum atomic E-state index is 11.6. The molecule has 0 radical (unpaired) electrons. The van der Waals surface area contributed by atoms with Crippen molar-refractivity contribution in [1.29, 1.82) is 0 Å². The summed E-state index contributed by atoms with van der Waals surface area (Å²) < 4.78 is 21.7. The van der Waals surface area contributed by atoms with E-state index in [0.29, 0.717) is 23.5 Å². The molecule has 0 saturated carbocycles. The molecule has 5 nitrogen and oxygen atoms in total. The topological polar surface area (TPSA) is 89.3 Å². The quantitative estimate of drug-likeness (QED) is 0.779. The first-order chi connectivity index (χ1) is 7.79. The molecule has 3 N–H and O–H groups in total. The number of anilines is 1. The Bertz CT molecular complexity index is 486. The molecule has 0 aliphatic heterocycles. The number of hydrogen-bond donors (Lipinski definition) is 2. The monoisotopic (exact) mass is 276 g/mol. The highest BCUT2D eigenvalue weighted by Crippen LogP contribution is 2.22. The van der Waals surface area contributed by atoms with Crippen molar-refractivity contribution in [3.05, 3.63) is 15.8 Å². The number of carbonyl (C=O) groups is 1. The number of nitrogens with one attached hydrogen (secondary N) is 1. The van der Waals surface area contributed by atoms with Gasteiger partial charge in [0.15, 0.2) is 0 Å². The lowest BCUT2D eigenvalue weighted by Gasteiger charge is -2.02. The van der Waals surface area contributed by atoms with Crippen molar-refractivity contribution < 1.29 is 13.2 Å². The van der Waals surface area contributed by atoms with Crippen molar-refractivity contribution in [3.8, 4) is 0 Å².